The first-order valence-electron chi connectivity index (χ1n) is 10.1. The Morgan fingerprint density at radius 1 is 1.12 bits per heavy atom. The second-order valence-corrected chi connectivity index (χ2v) is 7.86. The number of nitrogens with one attached hydrogen (secondary N) is 2. The molecule has 0 spiro atoms. The zero-order chi connectivity index (χ0) is 23.9. The van der Waals surface area contributed by atoms with Crippen molar-refractivity contribution in [1.82, 2.24) is 24.1 Å². The van der Waals surface area contributed by atoms with E-state index in [1.54, 1.807) is 0 Å². The number of nitrogens with zero attached hydrogens (tertiary/aromatic N) is 4. The molecule has 2 amide bonds. The van der Waals surface area contributed by atoms with Crippen LogP contribution < -0.4 is 21.9 Å². The Balaban J connectivity index is 1.79. The molecule has 0 aliphatic heterocycles. The number of carbonyl (C=O) groups excluding carboxylic acids is 2. The lowest BCUT2D eigenvalue weighted by atomic mass is 10.1. The largest absolute Gasteiger partial charge is 0.352 e. The Morgan fingerprint density at radius 3 is 2.58 bits per heavy atom. The molecular weight excluding hydrogens is 431 g/mol. The Morgan fingerprint density at radius 2 is 1.88 bits per heavy atom. The van der Waals surface area contributed by atoms with Crippen molar-refractivity contribution in [1.29, 1.82) is 0 Å². The molecule has 0 aliphatic rings. The molecule has 0 aliphatic carbocycles. The van der Waals surface area contributed by atoms with Crippen molar-refractivity contribution < 1.29 is 14.0 Å². The number of hydrogen-bond acceptors (Lipinski definition) is 5. The lowest BCUT2D eigenvalue weighted by Crippen LogP contribution is -2.31. The summed E-state index contributed by atoms with van der Waals surface area (Å²) in [5, 5.41) is 9.62. The number of carbonyl (C=O) groups is 2. The van der Waals surface area contributed by atoms with E-state index in [0.717, 1.165) is 10.7 Å². The quantitative estimate of drug-likeness (QED) is 0.473. The van der Waals surface area contributed by atoms with E-state index < -0.39 is 29.5 Å². The molecule has 2 aromatic heterocycles. The highest BCUT2D eigenvalue weighted by atomic mass is 19.1. The van der Waals surface area contributed by atoms with Gasteiger partial charge in [-0.1, -0.05) is 6.07 Å². The maximum absolute atomic E-state index is 13.4. The van der Waals surface area contributed by atoms with Gasteiger partial charge in [-0.3, -0.25) is 19.0 Å². The maximum Gasteiger partial charge on any atom is 0.352 e. The van der Waals surface area contributed by atoms with E-state index in [0.29, 0.717) is 0 Å². The minimum Gasteiger partial charge on any atom is -0.350 e. The van der Waals surface area contributed by atoms with Crippen LogP contribution >= 0.6 is 0 Å². The Bertz CT molecular complexity index is 1530. The van der Waals surface area contributed by atoms with Gasteiger partial charge in [-0.25, -0.2) is 18.3 Å². The number of fused-ring (bicyclic) bond motifs is 3. The van der Waals surface area contributed by atoms with Gasteiger partial charge >= 0.3 is 5.69 Å². The van der Waals surface area contributed by atoms with Crippen LogP contribution in [-0.4, -0.2) is 36.6 Å². The highest BCUT2D eigenvalue weighted by Gasteiger charge is 2.19. The van der Waals surface area contributed by atoms with Gasteiger partial charge in [0.15, 0.2) is 0 Å². The minimum atomic E-state index is -0.665. The summed E-state index contributed by atoms with van der Waals surface area (Å²) in [7, 11) is 1.46. The summed E-state index contributed by atoms with van der Waals surface area (Å²) < 4.78 is 16.6. The van der Waals surface area contributed by atoms with Crippen LogP contribution in [0.1, 0.15) is 24.2 Å². The van der Waals surface area contributed by atoms with Gasteiger partial charge in [-0.05, 0) is 50.2 Å². The molecule has 0 unspecified atom stereocenters. The summed E-state index contributed by atoms with van der Waals surface area (Å²) in [5.41, 5.74) is -0.368. The predicted octanol–water partition coefficient (Wildman–Crippen LogP) is 1.26. The lowest BCUT2D eigenvalue weighted by Gasteiger charge is -2.10. The lowest BCUT2D eigenvalue weighted by molar-refractivity contribution is -0.117. The van der Waals surface area contributed by atoms with Gasteiger partial charge < -0.3 is 10.6 Å². The molecule has 2 N–H and O–H groups in total. The molecule has 0 atom stereocenters. The van der Waals surface area contributed by atoms with Crippen LogP contribution in [0.3, 0.4) is 0 Å². The van der Waals surface area contributed by atoms with Crippen molar-refractivity contribution >= 4 is 34.2 Å². The predicted molar refractivity (Wildman–Crippen MR) is 120 cm³/mol. The van der Waals surface area contributed by atoms with E-state index in [2.05, 4.69) is 15.7 Å². The molecule has 0 saturated carbocycles. The molecule has 0 saturated heterocycles. The molecule has 4 rings (SSSR count). The van der Waals surface area contributed by atoms with Crippen LogP contribution in [-0.2, 0) is 18.4 Å². The number of aromatic nitrogens is 4. The third-order valence-electron chi connectivity index (χ3n) is 4.98. The monoisotopic (exact) mass is 452 g/mol. The molecule has 11 heteroatoms. The van der Waals surface area contributed by atoms with E-state index in [4.69, 9.17) is 0 Å². The van der Waals surface area contributed by atoms with Gasteiger partial charge in [0.05, 0.1) is 10.9 Å². The van der Waals surface area contributed by atoms with Crippen LogP contribution in [0, 0.1) is 5.82 Å². The zero-order valence-electron chi connectivity index (χ0n) is 18.1. The van der Waals surface area contributed by atoms with Gasteiger partial charge in [-0.15, -0.1) is 5.10 Å². The van der Waals surface area contributed by atoms with Crippen molar-refractivity contribution in [2.45, 2.75) is 26.4 Å². The topological polar surface area (TPSA) is 120 Å². The standard InChI is InChI=1S/C22H21FN6O4/c1-12(2)24-19(31)13-7-8-16-17(9-13)29-21(27(3)20(16)32)26-28(22(29)33)11-18(30)25-15-6-4-5-14(23)10-15/h4-10,12H,11H2,1-3H3,(H,24,31)(H,25,30). The first kappa shape index (κ1) is 21.9. The van der Waals surface area contributed by atoms with E-state index in [9.17, 15) is 23.6 Å². The van der Waals surface area contributed by atoms with Gasteiger partial charge in [0.1, 0.15) is 12.4 Å². The smallest absolute Gasteiger partial charge is 0.350 e. The first-order valence-corrected chi connectivity index (χ1v) is 10.1. The normalized spacial score (nSPS) is 11.3. The van der Waals surface area contributed by atoms with E-state index in [1.807, 2.05) is 13.8 Å². The zero-order valence-corrected chi connectivity index (χ0v) is 18.1. The maximum atomic E-state index is 13.4. The average Bonchev–Trinajstić information content (AvgIpc) is 3.07. The minimum absolute atomic E-state index is 0.0115. The first-order chi connectivity index (χ1) is 15.7. The number of aryl methyl sites for hydroxylation is 1. The van der Waals surface area contributed by atoms with Gasteiger partial charge in [0, 0.05) is 24.3 Å². The SMILES string of the molecule is CC(C)NC(=O)c1ccc2c(=O)n(C)c3nn(CC(=O)Nc4cccc(F)c4)c(=O)n3c2c1. The van der Waals surface area contributed by atoms with Crippen LogP contribution in [0.25, 0.3) is 16.7 Å². The fourth-order valence-electron chi connectivity index (χ4n) is 3.49. The molecule has 170 valence electrons. The third-order valence-corrected chi connectivity index (χ3v) is 4.98. The second kappa shape index (κ2) is 8.34. The third kappa shape index (κ3) is 4.12. The van der Waals surface area contributed by atoms with Crippen LogP contribution in [0.2, 0.25) is 0 Å². The highest BCUT2D eigenvalue weighted by molar-refractivity contribution is 5.98. The summed E-state index contributed by atoms with van der Waals surface area (Å²) in [4.78, 5) is 50.8. The van der Waals surface area contributed by atoms with E-state index in [1.165, 1.54) is 52.4 Å². The number of benzene rings is 2. The van der Waals surface area contributed by atoms with Gasteiger partial charge in [-0.2, -0.15) is 0 Å². The van der Waals surface area contributed by atoms with Gasteiger partial charge in [0.2, 0.25) is 11.7 Å². The van der Waals surface area contributed by atoms with Crippen molar-refractivity contribution in [3.63, 3.8) is 0 Å². The summed E-state index contributed by atoms with van der Waals surface area (Å²) in [6, 6.07) is 9.67. The summed E-state index contributed by atoms with van der Waals surface area (Å²) in [6.07, 6.45) is 0. The molecule has 0 fully saturated rings. The van der Waals surface area contributed by atoms with Crippen molar-refractivity contribution in [2.24, 2.45) is 7.05 Å². The fourth-order valence-corrected chi connectivity index (χ4v) is 3.49. The van der Waals surface area contributed by atoms with Crippen LogP contribution in [0.4, 0.5) is 10.1 Å². The Labute approximate surface area is 186 Å². The van der Waals surface area contributed by atoms with Crippen LogP contribution in [0.5, 0.6) is 0 Å². The van der Waals surface area contributed by atoms with E-state index >= 15 is 0 Å². The second-order valence-electron chi connectivity index (χ2n) is 7.86. The summed E-state index contributed by atoms with van der Waals surface area (Å²) in [5.74, 6) is -1.46. The van der Waals surface area contributed by atoms with Crippen molar-refractivity contribution in [3.8, 4) is 0 Å². The number of hydrogen-bond donors (Lipinski definition) is 2. The fraction of sp³-hybridized carbons (Fsp3) is 0.227. The summed E-state index contributed by atoms with van der Waals surface area (Å²) in [6.45, 7) is 3.17. The molecule has 4 aromatic rings. The highest BCUT2D eigenvalue weighted by Crippen LogP contribution is 2.14. The van der Waals surface area contributed by atoms with Crippen molar-refractivity contribution in [2.75, 3.05) is 5.32 Å². The van der Waals surface area contributed by atoms with Crippen molar-refractivity contribution in [3.05, 3.63) is 74.7 Å². The number of halogens is 1. The molecule has 2 heterocycles. The van der Waals surface area contributed by atoms with Gasteiger partial charge in [0.25, 0.3) is 11.5 Å². The molecule has 10 nitrogen and oxygen atoms in total. The number of amides is 2. The molecule has 0 bridgehead atoms. The molecule has 2 aromatic carbocycles. The molecular formula is C22H21FN6O4. The Hall–Kier alpha value is -4.28. The summed E-state index contributed by atoms with van der Waals surface area (Å²) >= 11 is 0. The molecule has 0 radical (unpaired) electrons. The average molecular weight is 452 g/mol. The Kier molecular flexibility index (Phi) is 5.54. The van der Waals surface area contributed by atoms with E-state index in [-0.39, 0.29) is 39.9 Å². The van der Waals surface area contributed by atoms with Crippen LogP contribution in [0.15, 0.2) is 52.1 Å². The number of rotatable bonds is 5. The molecule has 33 heavy (non-hydrogen) atoms. The number of anilines is 1.